The van der Waals surface area contributed by atoms with Crippen molar-refractivity contribution in [2.45, 2.75) is 12.3 Å². The van der Waals surface area contributed by atoms with Gasteiger partial charge in [-0.25, -0.2) is 14.3 Å². The first-order chi connectivity index (χ1) is 8.04. The highest BCUT2D eigenvalue weighted by Crippen LogP contribution is 2.29. The van der Waals surface area contributed by atoms with Crippen LogP contribution in [0.2, 0.25) is 0 Å². The number of ether oxygens (including phenoxy) is 1. The van der Waals surface area contributed by atoms with Crippen molar-refractivity contribution in [3.05, 3.63) is 28.3 Å². The molecule has 9 nitrogen and oxygen atoms in total. The van der Waals surface area contributed by atoms with E-state index in [0.717, 1.165) is 10.9 Å². The van der Waals surface area contributed by atoms with Crippen LogP contribution in [0.3, 0.4) is 0 Å². The van der Waals surface area contributed by atoms with E-state index < -0.39 is 30.4 Å². The molecule has 1 aromatic rings. The smallest absolute Gasteiger partial charge is 0.355 e. The fraction of sp³-hybridized carbons (Fsp3) is 0.375. The van der Waals surface area contributed by atoms with Crippen LogP contribution in [-0.4, -0.2) is 42.6 Å². The van der Waals surface area contributed by atoms with Gasteiger partial charge in [-0.1, -0.05) is 0 Å². The van der Waals surface area contributed by atoms with Crippen molar-refractivity contribution in [1.82, 2.24) is 14.5 Å². The van der Waals surface area contributed by atoms with Gasteiger partial charge in [0, 0.05) is 0 Å². The van der Waals surface area contributed by atoms with Crippen molar-refractivity contribution in [3.63, 3.8) is 0 Å². The fourth-order valence-corrected chi connectivity index (χ4v) is 1.43. The summed E-state index contributed by atoms with van der Waals surface area (Å²) in [6, 6.07) is 0. The van der Waals surface area contributed by atoms with Crippen molar-refractivity contribution in [2.24, 2.45) is 0 Å². The van der Waals surface area contributed by atoms with Gasteiger partial charge in [0.15, 0.2) is 17.6 Å². The molecule has 92 valence electrons. The van der Waals surface area contributed by atoms with Crippen LogP contribution < -0.4 is 11.4 Å². The molecule has 9 heteroatoms. The number of nitrogen functional groups attached to an aromatic ring is 1. The Bertz CT molecular complexity index is 525. The van der Waals surface area contributed by atoms with Crippen LogP contribution in [0.15, 0.2) is 22.6 Å². The molecule has 1 aliphatic heterocycles. The summed E-state index contributed by atoms with van der Waals surface area (Å²) in [4.78, 5) is 18.4. The van der Waals surface area contributed by atoms with Crippen LogP contribution in [0, 0.1) is 0 Å². The van der Waals surface area contributed by atoms with Crippen LogP contribution in [0.5, 0.6) is 0 Å². The second-order valence-electron chi connectivity index (χ2n) is 3.32. The maximum Gasteiger partial charge on any atom is 0.355 e. The third-order valence-electron chi connectivity index (χ3n) is 2.26. The minimum absolute atomic E-state index is 0.203. The van der Waals surface area contributed by atoms with Crippen LogP contribution >= 0.6 is 0 Å². The number of hydrogen-bond donors (Lipinski definition) is 4. The molecule has 0 radical (unpaired) electrons. The van der Waals surface area contributed by atoms with Gasteiger partial charge in [0.05, 0.1) is 0 Å². The molecule has 5 N–H and O–H groups in total. The Kier molecular flexibility index (Phi) is 2.69. The van der Waals surface area contributed by atoms with E-state index in [1.807, 2.05) is 0 Å². The maximum atomic E-state index is 11.5. The van der Waals surface area contributed by atoms with E-state index >= 15 is 0 Å². The zero-order chi connectivity index (χ0) is 12.6. The Labute approximate surface area is 94.4 Å². The SMILES string of the molecule is Nc1ncn([C@@H]2OC(CO)=C(O)C2O)c(=O)n1. The molecule has 1 aliphatic rings. The van der Waals surface area contributed by atoms with Gasteiger partial charge in [0.2, 0.25) is 12.2 Å². The van der Waals surface area contributed by atoms with Gasteiger partial charge in [-0.2, -0.15) is 4.98 Å². The number of anilines is 1. The molecular formula is C8H10N4O5. The number of nitrogens with zero attached hydrogens (tertiary/aromatic N) is 3. The van der Waals surface area contributed by atoms with E-state index in [-0.39, 0.29) is 11.7 Å². The van der Waals surface area contributed by atoms with Gasteiger partial charge in [0.25, 0.3) is 0 Å². The third-order valence-corrected chi connectivity index (χ3v) is 2.26. The van der Waals surface area contributed by atoms with Crippen molar-refractivity contribution in [1.29, 1.82) is 0 Å². The van der Waals surface area contributed by atoms with Crippen LogP contribution in [0.1, 0.15) is 6.23 Å². The Balaban J connectivity index is 2.35. The van der Waals surface area contributed by atoms with E-state index in [1.165, 1.54) is 0 Å². The maximum absolute atomic E-state index is 11.5. The lowest BCUT2D eigenvalue weighted by Crippen LogP contribution is -2.33. The van der Waals surface area contributed by atoms with Gasteiger partial charge in [-0.05, 0) is 0 Å². The highest BCUT2D eigenvalue weighted by molar-refractivity contribution is 5.14. The highest BCUT2D eigenvalue weighted by Gasteiger charge is 2.37. The van der Waals surface area contributed by atoms with E-state index in [4.69, 9.17) is 15.6 Å². The molecule has 0 saturated heterocycles. The third kappa shape index (κ3) is 1.81. The molecule has 1 aromatic heterocycles. The number of aliphatic hydroxyl groups excluding tert-OH is 3. The van der Waals surface area contributed by atoms with E-state index in [9.17, 15) is 15.0 Å². The molecule has 0 spiro atoms. The van der Waals surface area contributed by atoms with Crippen molar-refractivity contribution in [3.8, 4) is 0 Å². The van der Waals surface area contributed by atoms with Gasteiger partial charge >= 0.3 is 5.69 Å². The predicted molar refractivity (Wildman–Crippen MR) is 53.6 cm³/mol. The summed E-state index contributed by atoms with van der Waals surface area (Å²) >= 11 is 0. The molecule has 17 heavy (non-hydrogen) atoms. The molecular weight excluding hydrogens is 232 g/mol. The quantitative estimate of drug-likeness (QED) is 0.460. The summed E-state index contributed by atoms with van der Waals surface area (Å²) in [5, 5.41) is 27.9. The number of rotatable bonds is 2. The molecule has 0 amide bonds. The Morgan fingerprint density at radius 2 is 2.29 bits per heavy atom. The van der Waals surface area contributed by atoms with Crippen LogP contribution in [0.4, 0.5) is 5.95 Å². The first kappa shape index (κ1) is 11.4. The first-order valence-corrected chi connectivity index (χ1v) is 4.63. The van der Waals surface area contributed by atoms with E-state index in [2.05, 4.69) is 9.97 Å². The summed E-state index contributed by atoms with van der Waals surface area (Å²) in [5.41, 5.74) is 4.42. The Morgan fingerprint density at radius 3 is 2.82 bits per heavy atom. The average molecular weight is 242 g/mol. The number of hydrogen-bond acceptors (Lipinski definition) is 8. The van der Waals surface area contributed by atoms with Gasteiger partial charge in [-0.3, -0.25) is 0 Å². The van der Waals surface area contributed by atoms with Crippen LogP contribution in [0.25, 0.3) is 0 Å². The lowest BCUT2D eigenvalue weighted by Gasteiger charge is -2.16. The summed E-state index contributed by atoms with van der Waals surface area (Å²) < 4.78 is 5.87. The second-order valence-corrected chi connectivity index (χ2v) is 3.32. The topological polar surface area (TPSA) is 144 Å². The van der Waals surface area contributed by atoms with Crippen molar-refractivity contribution in [2.75, 3.05) is 12.3 Å². The number of aromatic nitrogens is 3. The molecule has 2 rings (SSSR count). The molecule has 0 aliphatic carbocycles. The number of aliphatic hydroxyl groups is 3. The summed E-state index contributed by atoms with van der Waals surface area (Å²) in [6.07, 6.45) is -1.65. The molecule has 0 fully saturated rings. The first-order valence-electron chi connectivity index (χ1n) is 4.63. The summed E-state index contributed by atoms with van der Waals surface area (Å²) in [7, 11) is 0. The largest absolute Gasteiger partial charge is 0.506 e. The lowest BCUT2D eigenvalue weighted by atomic mass is 10.3. The zero-order valence-electron chi connectivity index (χ0n) is 8.52. The lowest BCUT2D eigenvalue weighted by molar-refractivity contribution is -0.0177. The monoisotopic (exact) mass is 242 g/mol. The van der Waals surface area contributed by atoms with E-state index in [1.54, 1.807) is 0 Å². The molecule has 0 bridgehead atoms. The predicted octanol–water partition coefficient (Wildman–Crippen LogP) is -2.13. The normalized spacial score (nSPS) is 23.9. The zero-order valence-corrected chi connectivity index (χ0v) is 8.52. The number of nitrogens with two attached hydrogens (primary N) is 1. The van der Waals surface area contributed by atoms with Gasteiger partial charge in [0.1, 0.15) is 12.9 Å². The molecule has 2 heterocycles. The fourth-order valence-electron chi connectivity index (χ4n) is 1.43. The Morgan fingerprint density at radius 1 is 1.59 bits per heavy atom. The minimum Gasteiger partial charge on any atom is -0.506 e. The Hall–Kier alpha value is -2.13. The van der Waals surface area contributed by atoms with E-state index in [0.29, 0.717) is 0 Å². The molecule has 0 saturated carbocycles. The molecule has 1 unspecified atom stereocenters. The standard InChI is InChI=1S/C8H10N4O5/c9-7-10-2-12(8(16)11-7)6-5(15)4(14)3(1-13)17-6/h2,5-6,13-15H,1H2,(H2,9,11,16)/t5?,6-/m1/s1. The van der Waals surface area contributed by atoms with Gasteiger partial charge < -0.3 is 25.8 Å². The molecule has 2 atom stereocenters. The highest BCUT2D eigenvalue weighted by atomic mass is 16.5. The second kappa shape index (κ2) is 4.03. The van der Waals surface area contributed by atoms with Crippen LogP contribution in [-0.2, 0) is 4.74 Å². The van der Waals surface area contributed by atoms with Crippen molar-refractivity contribution < 1.29 is 20.1 Å². The van der Waals surface area contributed by atoms with Crippen molar-refractivity contribution >= 4 is 5.95 Å². The summed E-state index contributed by atoms with van der Waals surface area (Å²) in [5.74, 6) is -0.939. The average Bonchev–Trinajstić information content (AvgIpc) is 2.57. The summed E-state index contributed by atoms with van der Waals surface area (Å²) in [6.45, 7) is -0.593. The van der Waals surface area contributed by atoms with Gasteiger partial charge in [-0.15, -0.1) is 0 Å². The minimum atomic E-state index is -1.47. The molecule has 0 aromatic carbocycles.